The Morgan fingerprint density at radius 2 is 1.64 bits per heavy atom. The average Bonchev–Trinajstić information content (AvgIpc) is 2.52. The van der Waals surface area contributed by atoms with Crippen LogP contribution in [0.4, 0.5) is 4.39 Å². The Kier molecular flexibility index (Phi) is 4.41. The lowest BCUT2D eigenvalue weighted by atomic mass is 9.96. The topological polar surface area (TPSA) is 73.0 Å². The summed E-state index contributed by atoms with van der Waals surface area (Å²) in [5.74, 6) is -0.892. The summed E-state index contributed by atoms with van der Waals surface area (Å²) in [6.45, 7) is 4.01. The lowest BCUT2D eigenvalue weighted by molar-refractivity contribution is 0.568. The molecule has 0 amide bonds. The van der Waals surface area contributed by atoms with E-state index < -0.39 is 20.7 Å². The van der Waals surface area contributed by atoms with Crippen LogP contribution in [-0.4, -0.2) is 13.4 Å². The third-order valence-corrected chi connectivity index (χ3v) is 4.80. The maximum Gasteiger partial charge on any atom is 0.240 e. The van der Waals surface area contributed by atoms with Crippen molar-refractivity contribution < 1.29 is 12.8 Å². The maximum atomic E-state index is 14.2. The lowest BCUT2D eigenvalue weighted by Gasteiger charge is -2.11. The molecular formula is C19H17FN2O2S. The van der Waals surface area contributed by atoms with Crippen LogP contribution in [0.3, 0.4) is 0 Å². The molecule has 6 heteroatoms. The molecule has 2 aromatic carbocycles. The smallest absolute Gasteiger partial charge is 0.240 e. The van der Waals surface area contributed by atoms with Crippen LogP contribution >= 0.6 is 0 Å². The number of primary sulfonamides is 1. The van der Waals surface area contributed by atoms with Crippen LogP contribution < -0.4 is 5.14 Å². The number of sulfonamides is 1. The van der Waals surface area contributed by atoms with Crippen LogP contribution in [0.15, 0.2) is 59.6 Å². The Hall–Kier alpha value is -2.57. The van der Waals surface area contributed by atoms with Gasteiger partial charge in [0, 0.05) is 17.3 Å². The molecular weight excluding hydrogens is 339 g/mol. The first-order valence-electron chi connectivity index (χ1n) is 7.62. The second-order valence-electron chi connectivity index (χ2n) is 5.97. The highest BCUT2D eigenvalue weighted by atomic mass is 32.2. The van der Waals surface area contributed by atoms with Crippen molar-refractivity contribution in [3.05, 3.63) is 71.7 Å². The fourth-order valence-corrected chi connectivity index (χ4v) is 3.47. The van der Waals surface area contributed by atoms with Crippen molar-refractivity contribution in [1.29, 1.82) is 0 Å². The predicted molar refractivity (Wildman–Crippen MR) is 95.9 cm³/mol. The van der Waals surface area contributed by atoms with Gasteiger partial charge in [-0.3, -0.25) is 4.98 Å². The molecule has 2 N–H and O–H groups in total. The summed E-state index contributed by atoms with van der Waals surface area (Å²) >= 11 is 0. The summed E-state index contributed by atoms with van der Waals surface area (Å²) in [5.41, 5.74) is 5.10. The quantitative estimate of drug-likeness (QED) is 0.775. The standard InChI is InChI=1S/C19H17FN2O2S/c1-12-8-13(2)10-15(9-12)16-4-3-7-22-19(16)14-5-6-18(17(20)11-14)25(21,23)24/h3-11H,1-2H3,(H2,21,23,24). The normalized spacial score (nSPS) is 11.5. The molecule has 0 bridgehead atoms. The SMILES string of the molecule is Cc1cc(C)cc(-c2cccnc2-c2ccc(S(N)(=O)=O)c(F)c2)c1. The van der Waals surface area contributed by atoms with Crippen molar-refractivity contribution in [3.63, 3.8) is 0 Å². The Balaban J connectivity index is 2.18. The van der Waals surface area contributed by atoms with Crippen LogP contribution in [0, 0.1) is 19.7 Å². The van der Waals surface area contributed by atoms with Gasteiger partial charge in [-0.1, -0.05) is 41.5 Å². The maximum absolute atomic E-state index is 14.2. The van der Waals surface area contributed by atoms with Crippen LogP contribution in [0.2, 0.25) is 0 Å². The number of aryl methyl sites for hydroxylation is 2. The molecule has 0 saturated heterocycles. The number of pyridine rings is 1. The second kappa shape index (κ2) is 6.38. The van der Waals surface area contributed by atoms with E-state index in [1.165, 1.54) is 12.1 Å². The summed E-state index contributed by atoms with van der Waals surface area (Å²) < 4.78 is 37.0. The Bertz CT molecular complexity index is 1040. The van der Waals surface area contributed by atoms with E-state index in [1.807, 2.05) is 38.1 Å². The molecule has 3 aromatic rings. The lowest BCUT2D eigenvalue weighted by Crippen LogP contribution is -2.14. The molecule has 3 rings (SSSR count). The van der Waals surface area contributed by atoms with Gasteiger partial charge in [0.25, 0.3) is 0 Å². The molecule has 1 heterocycles. The molecule has 0 fully saturated rings. The molecule has 0 aliphatic carbocycles. The van der Waals surface area contributed by atoms with Gasteiger partial charge < -0.3 is 0 Å². The van der Waals surface area contributed by atoms with Gasteiger partial charge in [0.2, 0.25) is 10.0 Å². The summed E-state index contributed by atoms with van der Waals surface area (Å²) in [6, 6.07) is 13.7. The van der Waals surface area contributed by atoms with E-state index in [1.54, 1.807) is 6.20 Å². The van der Waals surface area contributed by atoms with Crippen LogP contribution in [0.1, 0.15) is 11.1 Å². The molecule has 0 saturated carbocycles. The zero-order chi connectivity index (χ0) is 18.2. The largest absolute Gasteiger partial charge is 0.256 e. The average molecular weight is 356 g/mol. The van der Waals surface area contributed by atoms with Gasteiger partial charge in [-0.2, -0.15) is 0 Å². The van der Waals surface area contributed by atoms with E-state index in [0.717, 1.165) is 28.3 Å². The highest BCUT2D eigenvalue weighted by Gasteiger charge is 2.17. The molecule has 4 nitrogen and oxygen atoms in total. The molecule has 0 aliphatic heterocycles. The van der Waals surface area contributed by atoms with E-state index in [9.17, 15) is 12.8 Å². The number of nitrogens with two attached hydrogens (primary N) is 1. The first-order valence-corrected chi connectivity index (χ1v) is 9.17. The number of rotatable bonds is 3. The van der Waals surface area contributed by atoms with Gasteiger partial charge in [0.05, 0.1) is 5.69 Å². The number of hydrogen-bond acceptors (Lipinski definition) is 3. The van der Waals surface area contributed by atoms with E-state index in [4.69, 9.17) is 5.14 Å². The van der Waals surface area contributed by atoms with E-state index in [0.29, 0.717) is 11.3 Å². The van der Waals surface area contributed by atoms with Gasteiger partial charge in [-0.25, -0.2) is 17.9 Å². The molecule has 0 unspecified atom stereocenters. The van der Waals surface area contributed by atoms with Crippen LogP contribution in [0.25, 0.3) is 22.4 Å². The third-order valence-electron chi connectivity index (χ3n) is 3.85. The molecule has 128 valence electrons. The monoisotopic (exact) mass is 356 g/mol. The Morgan fingerprint density at radius 1 is 0.960 bits per heavy atom. The van der Waals surface area contributed by atoms with Crippen LogP contribution in [-0.2, 0) is 10.0 Å². The number of nitrogens with zero attached hydrogens (tertiary/aromatic N) is 1. The van der Waals surface area contributed by atoms with Gasteiger partial charge in [-0.05, 0) is 37.6 Å². The number of benzene rings is 2. The minimum Gasteiger partial charge on any atom is -0.256 e. The number of halogens is 1. The van der Waals surface area contributed by atoms with E-state index in [2.05, 4.69) is 11.1 Å². The zero-order valence-corrected chi connectivity index (χ0v) is 14.6. The highest BCUT2D eigenvalue weighted by molar-refractivity contribution is 7.89. The number of aromatic nitrogens is 1. The fourth-order valence-electron chi connectivity index (χ4n) is 2.88. The molecule has 25 heavy (non-hydrogen) atoms. The molecule has 0 radical (unpaired) electrons. The summed E-state index contributed by atoms with van der Waals surface area (Å²) in [7, 11) is -4.10. The number of hydrogen-bond donors (Lipinski definition) is 1. The zero-order valence-electron chi connectivity index (χ0n) is 13.8. The van der Waals surface area contributed by atoms with Crippen LogP contribution in [0.5, 0.6) is 0 Å². The molecule has 0 atom stereocenters. The highest BCUT2D eigenvalue weighted by Crippen LogP contribution is 2.32. The van der Waals surface area contributed by atoms with Gasteiger partial charge >= 0.3 is 0 Å². The van der Waals surface area contributed by atoms with E-state index >= 15 is 0 Å². The first-order chi connectivity index (χ1) is 11.8. The Morgan fingerprint density at radius 3 is 2.24 bits per heavy atom. The van der Waals surface area contributed by atoms with Gasteiger partial charge in [-0.15, -0.1) is 0 Å². The summed E-state index contributed by atoms with van der Waals surface area (Å²) in [5, 5.41) is 5.02. The fraction of sp³-hybridized carbons (Fsp3) is 0.105. The minimum atomic E-state index is -4.10. The van der Waals surface area contributed by atoms with Crippen molar-refractivity contribution in [2.24, 2.45) is 5.14 Å². The van der Waals surface area contributed by atoms with E-state index in [-0.39, 0.29) is 0 Å². The van der Waals surface area contributed by atoms with Crippen molar-refractivity contribution in [1.82, 2.24) is 4.98 Å². The predicted octanol–water partition coefficient (Wildman–Crippen LogP) is 3.82. The van der Waals surface area contributed by atoms with Gasteiger partial charge in [0.15, 0.2) is 0 Å². The summed E-state index contributed by atoms with van der Waals surface area (Å²) in [4.78, 5) is 3.84. The van der Waals surface area contributed by atoms with Crippen molar-refractivity contribution >= 4 is 10.0 Å². The molecule has 0 aliphatic rings. The molecule has 1 aromatic heterocycles. The van der Waals surface area contributed by atoms with Crippen molar-refractivity contribution in [2.45, 2.75) is 18.7 Å². The van der Waals surface area contributed by atoms with Gasteiger partial charge in [0.1, 0.15) is 10.7 Å². The molecule has 0 spiro atoms. The Labute approximate surface area is 146 Å². The third kappa shape index (κ3) is 3.60. The van der Waals surface area contributed by atoms with Crippen molar-refractivity contribution in [3.8, 4) is 22.4 Å². The first kappa shape index (κ1) is 17.3. The van der Waals surface area contributed by atoms with Crippen molar-refractivity contribution in [2.75, 3.05) is 0 Å². The minimum absolute atomic E-state index is 0.486. The second-order valence-corrected chi connectivity index (χ2v) is 7.50. The summed E-state index contributed by atoms with van der Waals surface area (Å²) in [6.07, 6.45) is 1.62.